The maximum Gasteiger partial charge on any atom is 0.319 e. The average Bonchev–Trinajstić information content (AvgIpc) is 2.90. The van der Waals surface area contributed by atoms with Gasteiger partial charge in [-0.3, -0.25) is 9.98 Å². The molecule has 2 aromatic carbocycles. The van der Waals surface area contributed by atoms with Crippen molar-refractivity contribution >= 4 is 47.5 Å². The predicted molar refractivity (Wildman–Crippen MR) is 147 cm³/mol. The Bertz CT molecular complexity index is 985. The summed E-state index contributed by atoms with van der Waals surface area (Å²) in [4.78, 5) is 33.2. The van der Waals surface area contributed by atoms with Crippen molar-refractivity contribution < 1.29 is 9.59 Å². The Morgan fingerprint density at radius 1 is 0.694 bits per heavy atom. The van der Waals surface area contributed by atoms with Gasteiger partial charge in [0.05, 0.1) is 0 Å². The molecule has 2 heterocycles. The lowest BCUT2D eigenvalue weighted by Gasteiger charge is -2.15. The number of urea groups is 2. The molecule has 0 bridgehead atoms. The van der Waals surface area contributed by atoms with Crippen molar-refractivity contribution in [2.24, 2.45) is 9.98 Å². The van der Waals surface area contributed by atoms with E-state index < -0.39 is 0 Å². The van der Waals surface area contributed by atoms with Crippen molar-refractivity contribution in [1.82, 2.24) is 21.3 Å². The summed E-state index contributed by atoms with van der Waals surface area (Å²) in [6, 6.07) is 14.6. The Balaban J connectivity index is 0.00000361. The summed E-state index contributed by atoms with van der Waals surface area (Å²) < 4.78 is 0. The Morgan fingerprint density at radius 2 is 1.11 bits per heavy atom. The molecule has 0 saturated carbocycles. The van der Waals surface area contributed by atoms with Gasteiger partial charge in [0, 0.05) is 61.8 Å². The molecule has 0 saturated heterocycles. The quantitative estimate of drug-likeness (QED) is 0.303. The molecule has 6 N–H and O–H groups in total. The summed E-state index contributed by atoms with van der Waals surface area (Å²) in [6.07, 6.45) is 2.70. The molecule has 192 valence electrons. The maximum absolute atomic E-state index is 12.1. The van der Waals surface area contributed by atoms with E-state index in [1.165, 1.54) is 0 Å². The molecule has 11 heteroatoms. The Hall–Kier alpha value is -3.79. The monoisotopic (exact) mass is 512 g/mol. The number of benzene rings is 2. The van der Waals surface area contributed by atoms with Gasteiger partial charge in [0.2, 0.25) is 0 Å². The van der Waals surface area contributed by atoms with Gasteiger partial charge in [-0.25, -0.2) is 9.59 Å². The van der Waals surface area contributed by atoms with Crippen molar-refractivity contribution in [3.63, 3.8) is 0 Å². The van der Waals surface area contributed by atoms with Crippen LogP contribution < -0.4 is 31.9 Å². The minimum atomic E-state index is -0.285. The minimum absolute atomic E-state index is 0. The second kappa shape index (κ2) is 13.9. The number of amides is 4. The summed E-state index contributed by atoms with van der Waals surface area (Å²) in [5.74, 6) is 1.79. The topological polar surface area (TPSA) is 131 Å². The average molecular weight is 513 g/mol. The molecule has 0 atom stereocenters. The van der Waals surface area contributed by atoms with Crippen LogP contribution in [0.25, 0.3) is 0 Å². The van der Waals surface area contributed by atoms with Crippen LogP contribution in [0.4, 0.5) is 21.0 Å². The zero-order valence-electron chi connectivity index (χ0n) is 20.1. The number of carbonyl (C=O) groups excluding carboxylic acids is 2. The summed E-state index contributed by atoms with van der Waals surface area (Å²) >= 11 is 0. The number of hydrogen-bond donors (Lipinski definition) is 6. The van der Waals surface area contributed by atoms with Crippen molar-refractivity contribution in [3.8, 4) is 0 Å². The molecule has 10 nitrogen and oxygen atoms in total. The molecule has 2 aliphatic heterocycles. The van der Waals surface area contributed by atoms with Crippen LogP contribution >= 0.6 is 12.4 Å². The highest BCUT2D eigenvalue weighted by Gasteiger charge is 2.09. The zero-order chi connectivity index (χ0) is 24.3. The van der Waals surface area contributed by atoms with E-state index >= 15 is 0 Å². The summed E-state index contributed by atoms with van der Waals surface area (Å²) in [5, 5.41) is 17.8. The normalized spacial score (nSPS) is 14.6. The molecule has 2 aromatic rings. The van der Waals surface area contributed by atoms with E-state index in [9.17, 15) is 9.59 Å². The van der Waals surface area contributed by atoms with Crippen molar-refractivity contribution in [2.75, 3.05) is 49.9 Å². The molecular weight excluding hydrogens is 480 g/mol. The van der Waals surface area contributed by atoms with E-state index in [1.54, 1.807) is 0 Å². The number of hydrogen-bond acceptors (Lipinski definition) is 6. The Morgan fingerprint density at radius 3 is 1.47 bits per heavy atom. The van der Waals surface area contributed by atoms with Gasteiger partial charge in [-0.1, -0.05) is 0 Å². The number of halogens is 1. The second-order valence-electron chi connectivity index (χ2n) is 8.29. The first kappa shape index (κ1) is 26.8. The fourth-order valence-corrected chi connectivity index (χ4v) is 3.72. The third kappa shape index (κ3) is 8.16. The third-order valence-corrected chi connectivity index (χ3v) is 5.55. The van der Waals surface area contributed by atoms with Gasteiger partial charge in [-0.2, -0.15) is 0 Å². The molecule has 0 aliphatic carbocycles. The van der Waals surface area contributed by atoms with Crippen molar-refractivity contribution in [1.29, 1.82) is 0 Å². The van der Waals surface area contributed by atoms with Gasteiger partial charge in [0.1, 0.15) is 11.7 Å². The van der Waals surface area contributed by atoms with E-state index in [2.05, 4.69) is 41.9 Å². The van der Waals surface area contributed by atoms with Crippen LogP contribution in [0, 0.1) is 0 Å². The number of anilines is 2. The van der Waals surface area contributed by atoms with E-state index in [4.69, 9.17) is 0 Å². The Labute approximate surface area is 217 Å². The van der Waals surface area contributed by atoms with Crippen LogP contribution in [0.5, 0.6) is 0 Å². The first-order valence-electron chi connectivity index (χ1n) is 12.0. The van der Waals surface area contributed by atoms with Crippen LogP contribution in [-0.2, 0) is 0 Å². The highest BCUT2D eigenvalue weighted by atomic mass is 35.5. The largest absolute Gasteiger partial charge is 0.370 e. The third-order valence-electron chi connectivity index (χ3n) is 5.55. The molecule has 4 rings (SSSR count). The van der Waals surface area contributed by atoms with Crippen LogP contribution in [0.15, 0.2) is 58.5 Å². The number of amidine groups is 2. The van der Waals surface area contributed by atoms with E-state index in [0.717, 1.165) is 61.8 Å². The summed E-state index contributed by atoms with van der Waals surface area (Å²) in [5.41, 5.74) is 3.42. The molecule has 2 aliphatic rings. The van der Waals surface area contributed by atoms with E-state index in [1.807, 2.05) is 48.5 Å². The van der Waals surface area contributed by atoms with Crippen LogP contribution in [0.2, 0.25) is 0 Å². The van der Waals surface area contributed by atoms with Crippen molar-refractivity contribution in [3.05, 3.63) is 59.7 Å². The predicted octanol–water partition coefficient (Wildman–Crippen LogP) is 2.92. The first-order chi connectivity index (χ1) is 17.2. The lowest BCUT2D eigenvalue weighted by atomic mass is 10.1. The molecule has 36 heavy (non-hydrogen) atoms. The SMILES string of the molecule is Cl.O=C(NCCCNC(=O)Nc1ccc(C2=NCCCN2)cc1)Nc1ccc(C2=NCCCN2)cc1. The van der Waals surface area contributed by atoms with Crippen LogP contribution in [0.3, 0.4) is 0 Å². The molecule has 0 aromatic heterocycles. The Kier molecular flexibility index (Phi) is 10.4. The lowest BCUT2D eigenvalue weighted by molar-refractivity contribution is 0.251. The van der Waals surface area contributed by atoms with E-state index in [0.29, 0.717) is 30.9 Å². The fourth-order valence-electron chi connectivity index (χ4n) is 3.72. The molecule has 4 amide bonds. The molecular formula is C25H33ClN8O2. The standard InChI is InChI=1S/C25H32N8O2.ClH/c34-24(32-20-8-4-18(5-9-20)22-26-12-1-13-27-22)30-16-3-17-31-25(35)33-21-10-6-19(7-11-21)23-28-14-2-15-29-23;/h4-11H,1-3,12-17H2,(H,26,27)(H,28,29)(H2,30,32,34)(H2,31,33,35);1H. The summed E-state index contributed by atoms with van der Waals surface area (Å²) in [7, 11) is 0. The number of aliphatic imine (C=N–C) groups is 2. The van der Waals surface area contributed by atoms with Gasteiger partial charge in [0.15, 0.2) is 0 Å². The molecule has 0 spiro atoms. The maximum atomic E-state index is 12.1. The lowest BCUT2D eigenvalue weighted by Crippen LogP contribution is -2.34. The zero-order valence-corrected chi connectivity index (χ0v) is 20.9. The van der Waals surface area contributed by atoms with Gasteiger partial charge in [0.25, 0.3) is 0 Å². The number of rotatable bonds is 8. The van der Waals surface area contributed by atoms with Crippen LogP contribution in [0.1, 0.15) is 30.4 Å². The minimum Gasteiger partial charge on any atom is -0.370 e. The molecule has 0 radical (unpaired) electrons. The second-order valence-corrected chi connectivity index (χ2v) is 8.29. The van der Waals surface area contributed by atoms with Crippen molar-refractivity contribution in [2.45, 2.75) is 19.3 Å². The molecule has 0 unspecified atom stereocenters. The first-order valence-corrected chi connectivity index (χ1v) is 12.0. The van der Waals surface area contributed by atoms with Crippen LogP contribution in [-0.4, -0.2) is 63.0 Å². The number of nitrogens with one attached hydrogen (secondary N) is 6. The smallest absolute Gasteiger partial charge is 0.319 e. The number of nitrogens with zero attached hydrogens (tertiary/aromatic N) is 2. The molecule has 0 fully saturated rings. The van der Waals surface area contributed by atoms with Gasteiger partial charge in [-0.05, 0) is 67.8 Å². The fraction of sp³-hybridized carbons (Fsp3) is 0.360. The number of carbonyl (C=O) groups is 2. The highest BCUT2D eigenvalue weighted by molar-refractivity contribution is 6.00. The summed E-state index contributed by atoms with van der Waals surface area (Å²) in [6.45, 7) is 4.41. The van der Waals surface area contributed by atoms with Gasteiger partial charge < -0.3 is 31.9 Å². The van der Waals surface area contributed by atoms with E-state index in [-0.39, 0.29) is 24.5 Å². The van der Waals surface area contributed by atoms with Gasteiger partial charge >= 0.3 is 12.1 Å². The highest BCUT2D eigenvalue weighted by Crippen LogP contribution is 2.12. The van der Waals surface area contributed by atoms with Gasteiger partial charge in [-0.15, -0.1) is 12.4 Å².